The van der Waals surface area contributed by atoms with Crippen molar-refractivity contribution in [2.45, 2.75) is 38.1 Å². The number of nitrogens with zero attached hydrogens (tertiary/aromatic N) is 7. The van der Waals surface area contributed by atoms with Crippen molar-refractivity contribution in [3.63, 3.8) is 0 Å². The third-order valence-electron chi connectivity index (χ3n) is 12.3. The normalized spacial score (nSPS) is 20.2. The van der Waals surface area contributed by atoms with Gasteiger partial charge in [-0.05, 0) is 60.7 Å². The first-order valence-corrected chi connectivity index (χ1v) is 20.8. The number of oxazole rings is 1. The van der Waals surface area contributed by atoms with Crippen LogP contribution in [0.1, 0.15) is 22.5 Å². The molecule has 4 aliphatic heterocycles. The molecule has 2 saturated heterocycles. The summed E-state index contributed by atoms with van der Waals surface area (Å²) in [6, 6.07) is 18.9. The number of halogens is 2. The van der Waals surface area contributed by atoms with Crippen molar-refractivity contribution in [3.05, 3.63) is 101 Å². The average molecular weight is 800 g/mol. The smallest absolute Gasteiger partial charge is 0.298 e. The number of nitrogens with one attached hydrogen (secondary N) is 2. The Bertz CT molecular complexity index is 2890. The number of hydrogen-bond donors (Lipinski definition) is 2. The molecule has 58 heavy (non-hydrogen) atoms. The fourth-order valence-corrected chi connectivity index (χ4v) is 10.3. The molecular weight excluding hydrogens is 761 g/mol. The molecule has 294 valence electrons. The standard InChI is InChI=1S/C43H39F2N9O3S/c44-24-2-5-32-29(15-24)31-21-52(10-8-34(31)47-32)27-18-40-41(46-19-27)50-43(58-40)54-12-14-56-39(23-54)38-22-53(11-13-55-38)42-49-36-17-26(3-6-37(36)57-42)51-9-7-33-30(20-51)28-4-1-25(45)16-35(28)48-33/h1-6,15-19,38-39,47-48H,7-14,20-23H2. The predicted molar refractivity (Wildman–Crippen MR) is 221 cm³/mol. The zero-order valence-corrected chi connectivity index (χ0v) is 32.3. The first-order chi connectivity index (χ1) is 28.5. The second kappa shape index (κ2) is 13.4. The van der Waals surface area contributed by atoms with Crippen LogP contribution in [0.3, 0.4) is 0 Å². The van der Waals surface area contributed by atoms with Gasteiger partial charge in [-0.3, -0.25) is 0 Å². The molecule has 8 aromatic rings. The number of pyridine rings is 1. The van der Waals surface area contributed by atoms with Gasteiger partial charge in [-0.2, -0.15) is 9.97 Å². The number of thiazole rings is 1. The van der Waals surface area contributed by atoms with Gasteiger partial charge in [0.05, 0.1) is 36.3 Å². The lowest BCUT2D eigenvalue weighted by atomic mass is 10.0. The zero-order valence-electron chi connectivity index (χ0n) is 31.5. The number of aromatic amines is 2. The van der Waals surface area contributed by atoms with Gasteiger partial charge in [-0.1, -0.05) is 11.3 Å². The van der Waals surface area contributed by atoms with Crippen LogP contribution in [0.2, 0.25) is 0 Å². The Morgan fingerprint density at radius 3 is 2.24 bits per heavy atom. The van der Waals surface area contributed by atoms with Crippen LogP contribution in [0.4, 0.5) is 31.3 Å². The van der Waals surface area contributed by atoms with E-state index in [1.165, 1.54) is 29.1 Å². The molecule has 0 saturated carbocycles. The van der Waals surface area contributed by atoms with Crippen molar-refractivity contribution in [2.75, 3.05) is 72.1 Å². The number of H-pyrrole nitrogens is 2. The number of rotatable bonds is 5. The fraction of sp³-hybridized carbons (Fsp3) is 0.326. The van der Waals surface area contributed by atoms with E-state index in [0.717, 1.165) is 104 Å². The third-order valence-corrected chi connectivity index (χ3v) is 13.4. The lowest BCUT2D eigenvalue weighted by molar-refractivity contribution is -0.0830. The van der Waals surface area contributed by atoms with E-state index in [0.29, 0.717) is 45.4 Å². The molecule has 0 amide bonds. The van der Waals surface area contributed by atoms with Crippen molar-refractivity contribution in [3.8, 4) is 0 Å². The third kappa shape index (κ3) is 5.85. The Hall–Kier alpha value is -5.77. The summed E-state index contributed by atoms with van der Waals surface area (Å²) in [4.78, 5) is 30.7. The molecule has 2 atom stereocenters. The Kier molecular flexibility index (Phi) is 7.92. The molecule has 4 aliphatic rings. The molecule has 2 unspecified atom stereocenters. The maximum absolute atomic E-state index is 14.1. The summed E-state index contributed by atoms with van der Waals surface area (Å²) in [5.74, 6) is -0.448. The van der Waals surface area contributed by atoms with Gasteiger partial charge in [0.2, 0.25) is 0 Å². The molecular formula is C43H39F2N9O3S. The van der Waals surface area contributed by atoms with E-state index in [4.69, 9.17) is 28.8 Å². The van der Waals surface area contributed by atoms with Crippen LogP contribution >= 0.6 is 11.3 Å². The minimum atomic E-state index is -0.229. The highest BCUT2D eigenvalue weighted by Gasteiger charge is 2.35. The summed E-state index contributed by atoms with van der Waals surface area (Å²) in [6.45, 7) is 6.90. The summed E-state index contributed by atoms with van der Waals surface area (Å²) in [5.41, 5.74) is 11.0. The monoisotopic (exact) mass is 799 g/mol. The molecule has 0 aliphatic carbocycles. The van der Waals surface area contributed by atoms with Crippen LogP contribution in [-0.2, 0) is 35.4 Å². The summed E-state index contributed by atoms with van der Waals surface area (Å²) < 4.78 is 48.0. The largest absolute Gasteiger partial charge is 0.423 e. The SMILES string of the molecule is Fc1ccc2c3c([nH]c2c1)CCN(c1ccc2oc(N4CCOC(C5CN(c6nc7ncc(N8CCc9[nH]c%10ccc(F)cc%10c9C8)cc7s6)CCO5)C4)nc2c1)C3. The number of morpholine rings is 2. The highest BCUT2D eigenvalue weighted by molar-refractivity contribution is 7.22. The van der Waals surface area contributed by atoms with Gasteiger partial charge in [0, 0.05) is 109 Å². The quantitative estimate of drug-likeness (QED) is 0.184. The van der Waals surface area contributed by atoms with Crippen LogP contribution in [0.25, 0.3) is 43.3 Å². The number of fused-ring (bicyclic) bond motifs is 8. The van der Waals surface area contributed by atoms with Crippen LogP contribution in [-0.4, -0.2) is 89.6 Å². The van der Waals surface area contributed by atoms with E-state index < -0.39 is 0 Å². The Morgan fingerprint density at radius 1 is 0.672 bits per heavy atom. The molecule has 2 fully saturated rings. The molecule has 5 aromatic heterocycles. The van der Waals surface area contributed by atoms with Gasteiger partial charge in [0.25, 0.3) is 6.01 Å². The lowest BCUT2D eigenvalue weighted by Gasteiger charge is -2.40. The van der Waals surface area contributed by atoms with E-state index in [1.807, 2.05) is 24.4 Å². The topological polar surface area (TPSA) is 115 Å². The molecule has 3 aromatic carbocycles. The van der Waals surface area contributed by atoms with Crippen molar-refractivity contribution in [1.82, 2.24) is 24.9 Å². The molecule has 15 heteroatoms. The van der Waals surface area contributed by atoms with E-state index in [9.17, 15) is 8.78 Å². The van der Waals surface area contributed by atoms with E-state index in [2.05, 4.69) is 47.8 Å². The lowest BCUT2D eigenvalue weighted by Crippen LogP contribution is -2.55. The Balaban J connectivity index is 0.727. The van der Waals surface area contributed by atoms with Gasteiger partial charge < -0.3 is 43.5 Å². The van der Waals surface area contributed by atoms with Crippen LogP contribution in [0.15, 0.2) is 71.3 Å². The van der Waals surface area contributed by atoms with Crippen LogP contribution < -0.4 is 19.6 Å². The van der Waals surface area contributed by atoms with Crippen molar-refractivity contribution in [1.29, 1.82) is 0 Å². The van der Waals surface area contributed by atoms with Gasteiger partial charge in [0.1, 0.15) is 29.4 Å². The molecule has 12 rings (SSSR count). The van der Waals surface area contributed by atoms with Gasteiger partial charge in [-0.25, -0.2) is 13.8 Å². The van der Waals surface area contributed by atoms with Gasteiger partial charge in [0.15, 0.2) is 16.4 Å². The number of anilines is 4. The predicted octanol–water partition coefficient (Wildman–Crippen LogP) is 7.31. The van der Waals surface area contributed by atoms with Crippen LogP contribution in [0, 0.1) is 11.6 Å². The average Bonchev–Trinajstić information content (AvgIpc) is 4.05. The first kappa shape index (κ1) is 34.3. The second-order valence-electron chi connectivity index (χ2n) is 15.8. The highest BCUT2D eigenvalue weighted by atomic mass is 32.1. The molecule has 2 N–H and O–H groups in total. The minimum absolute atomic E-state index is 0.156. The van der Waals surface area contributed by atoms with E-state index in [-0.39, 0.29) is 23.8 Å². The first-order valence-electron chi connectivity index (χ1n) is 19.9. The maximum Gasteiger partial charge on any atom is 0.298 e. The zero-order chi connectivity index (χ0) is 38.5. The van der Waals surface area contributed by atoms with E-state index in [1.54, 1.807) is 23.5 Å². The minimum Gasteiger partial charge on any atom is -0.423 e. The number of ether oxygens (including phenoxy) is 2. The summed E-state index contributed by atoms with van der Waals surface area (Å²) in [7, 11) is 0. The van der Waals surface area contributed by atoms with Crippen LogP contribution in [0.5, 0.6) is 0 Å². The molecule has 0 spiro atoms. The number of benzene rings is 3. The van der Waals surface area contributed by atoms with Crippen molar-refractivity contribution >= 4 is 77.1 Å². The van der Waals surface area contributed by atoms with Crippen molar-refractivity contribution in [2.24, 2.45) is 0 Å². The summed E-state index contributed by atoms with van der Waals surface area (Å²) in [6.07, 6.45) is 3.30. The van der Waals surface area contributed by atoms with E-state index >= 15 is 0 Å². The molecule has 0 radical (unpaired) electrons. The number of aromatic nitrogens is 5. The Labute approximate surface area is 335 Å². The fourth-order valence-electron chi connectivity index (χ4n) is 9.31. The Morgan fingerprint density at radius 2 is 1.40 bits per heavy atom. The molecule has 0 bridgehead atoms. The van der Waals surface area contributed by atoms with Gasteiger partial charge >= 0.3 is 0 Å². The summed E-state index contributed by atoms with van der Waals surface area (Å²) in [5, 5.41) is 2.94. The van der Waals surface area contributed by atoms with Crippen molar-refractivity contribution < 1.29 is 22.7 Å². The highest BCUT2D eigenvalue weighted by Crippen LogP contribution is 2.37. The molecule has 9 heterocycles. The second-order valence-corrected chi connectivity index (χ2v) is 16.8. The molecule has 12 nitrogen and oxygen atoms in total. The summed E-state index contributed by atoms with van der Waals surface area (Å²) >= 11 is 1.65. The van der Waals surface area contributed by atoms with Gasteiger partial charge in [-0.15, -0.1) is 0 Å². The number of hydrogen-bond acceptors (Lipinski definition) is 11. The maximum atomic E-state index is 14.1.